The number of urea groups is 1. The topological polar surface area (TPSA) is 75.7 Å². The van der Waals surface area contributed by atoms with E-state index >= 15 is 0 Å². The highest BCUT2D eigenvalue weighted by Crippen LogP contribution is 2.26. The fraction of sp³-hybridized carbons (Fsp3) is 0.353. The van der Waals surface area contributed by atoms with Crippen molar-refractivity contribution < 1.29 is 19.1 Å². The molecule has 126 valence electrons. The predicted molar refractivity (Wildman–Crippen MR) is 90.6 cm³/mol. The van der Waals surface area contributed by atoms with E-state index in [2.05, 4.69) is 5.32 Å². The van der Waals surface area contributed by atoms with Gasteiger partial charge in [0.1, 0.15) is 18.7 Å². The highest BCUT2D eigenvalue weighted by molar-refractivity contribution is 7.17. The number of rotatable bonds is 5. The summed E-state index contributed by atoms with van der Waals surface area (Å²) < 4.78 is 6.37. The molecule has 1 atom stereocenters. The second-order valence-electron chi connectivity index (χ2n) is 5.92. The van der Waals surface area contributed by atoms with E-state index < -0.39 is 23.4 Å². The number of nitrogens with zero attached hydrogens (tertiary/aromatic N) is 1. The Labute approximate surface area is 143 Å². The van der Waals surface area contributed by atoms with Gasteiger partial charge in [-0.25, -0.2) is 4.79 Å². The van der Waals surface area contributed by atoms with Crippen LogP contribution < -0.4 is 5.32 Å². The Morgan fingerprint density at radius 1 is 1.33 bits per heavy atom. The summed E-state index contributed by atoms with van der Waals surface area (Å²) in [5, 5.41) is 5.60. The lowest BCUT2D eigenvalue weighted by Crippen LogP contribution is -2.43. The monoisotopic (exact) mass is 346 g/mol. The van der Waals surface area contributed by atoms with Gasteiger partial charge in [0.25, 0.3) is 5.91 Å². The van der Waals surface area contributed by atoms with E-state index in [1.54, 1.807) is 18.3 Å². The number of imide groups is 1. The predicted octanol–water partition coefficient (Wildman–Crippen LogP) is 2.67. The molecular formula is C17H18N2O4S. The molecule has 1 aliphatic heterocycles. The molecule has 2 heterocycles. The molecule has 0 aliphatic carbocycles. The second-order valence-corrected chi connectivity index (χ2v) is 6.84. The Morgan fingerprint density at radius 2 is 2.08 bits per heavy atom. The van der Waals surface area contributed by atoms with Gasteiger partial charge in [0.05, 0.1) is 0 Å². The number of ether oxygens (including phenoxy) is 1. The first kappa shape index (κ1) is 16.4. The van der Waals surface area contributed by atoms with Crippen LogP contribution in [-0.4, -0.2) is 34.9 Å². The second kappa shape index (κ2) is 6.24. The van der Waals surface area contributed by atoms with Gasteiger partial charge in [-0.15, -0.1) is 11.3 Å². The lowest BCUT2D eigenvalue weighted by atomic mass is 9.99. The van der Waals surface area contributed by atoms with Crippen molar-refractivity contribution in [2.24, 2.45) is 0 Å². The lowest BCUT2D eigenvalue weighted by molar-refractivity contribution is -0.148. The summed E-state index contributed by atoms with van der Waals surface area (Å²) in [6, 6.07) is 7.31. The Morgan fingerprint density at radius 3 is 2.79 bits per heavy atom. The number of hydrogen-bond acceptors (Lipinski definition) is 5. The van der Waals surface area contributed by atoms with Crippen molar-refractivity contribution in [3.05, 3.63) is 35.2 Å². The molecule has 1 aromatic carbocycles. The number of benzene rings is 1. The van der Waals surface area contributed by atoms with Crippen molar-refractivity contribution in [3.8, 4) is 0 Å². The number of thiophene rings is 1. The summed E-state index contributed by atoms with van der Waals surface area (Å²) in [5.41, 5.74) is -0.0273. The molecule has 0 bridgehead atoms. The van der Waals surface area contributed by atoms with E-state index in [-0.39, 0.29) is 13.2 Å². The molecule has 1 saturated heterocycles. The average molecular weight is 346 g/mol. The molecule has 1 unspecified atom stereocenters. The van der Waals surface area contributed by atoms with Gasteiger partial charge in [-0.2, -0.15) is 0 Å². The molecule has 0 spiro atoms. The minimum Gasteiger partial charge on any atom is -0.459 e. The summed E-state index contributed by atoms with van der Waals surface area (Å²) in [5.74, 6) is -0.998. The van der Waals surface area contributed by atoms with E-state index in [4.69, 9.17) is 4.74 Å². The van der Waals surface area contributed by atoms with Crippen LogP contribution in [0.3, 0.4) is 0 Å². The Balaban J connectivity index is 1.62. The quantitative estimate of drug-likeness (QED) is 0.667. The van der Waals surface area contributed by atoms with E-state index in [0.717, 1.165) is 20.5 Å². The average Bonchev–Trinajstić information content (AvgIpc) is 3.08. The molecule has 3 amide bonds. The van der Waals surface area contributed by atoms with Crippen LogP contribution in [0.4, 0.5) is 4.79 Å². The van der Waals surface area contributed by atoms with Gasteiger partial charge in [-0.05, 0) is 30.2 Å². The number of amides is 3. The Bertz CT molecular complexity index is 816. The van der Waals surface area contributed by atoms with E-state index in [9.17, 15) is 14.4 Å². The molecule has 0 radical (unpaired) electrons. The van der Waals surface area contributed by atoms with Gasteiger partial charge >= 0.3 is 12.0 Å². The van der Waals surface area contributed by atoms with Crippen LogP contribution in [0.25, 0.3) is 10.1 Å². The third kappa shape index (κ3) is 2.87. The summed E-state index contributed by atoms with van der Waals surface area (Å²) in [7, 11) is 0. The zero-order valence-corrected chi connectivity index (χ0v) is 14.3. The molecule has 1 aliphatic rings. The van der Waals surface area contributed by atoms with Crippen LogP contribution >= 0.6 is 11.3 Å². The minimum absolute atomic E-state index is 0.123. The first-order valence-corrected chi connectivity index (χ1v) is 8.57. The summed E-state index contributed by atoms with van der Waals surface area (Å²) in [4.78, 5) is 37.1. The fourth-order valence-corrected chi connectivity index (χ4v) is 3.56. The maximum absolute atomic E-state index is 12.2. The van der Waals surface area contributed by atoms with Crippen LogP contribution in [0.2, 0.25) is 0 Å². The van der Waals surface area contributed by atoms with Gasteiger partial charge in [-0.1, -0.05) is 25.1 Å². The van der Waals surface area contributed by atoms with Gasteiger partial charge in [0, 0.05) is 10.3 Å². The van der Waals surface area contributed by atoms with Gasteiger partial charge in [0.2, 0.25) is 0 Å². The molecular weight excluding hydrogens is 328 g/mol. The molecule has 7 heteroatoms. The van der Waals surface area contributed by atoms with E-state index in [0.29, 0.717) is 6.42 Å². The summed E-state index contributed by atoms with van der Waals surface area (Å²) in [6.45, 7) is 3.21. The van der Waals surface area contributed by atoms with Crippen LogP contribution in [0.15, 0.2) is 29.6 Å². The molecule has 1 N–H and O–H groups in total. The van der Waals surface area contributed by atoms with Crippen molar-refractivity contribution in [1.82, 2.24) is 10.2 Å². The van der Waals surface area contributed by atoms with E-state index in [1.165, 1.54) is 0 Å². The van der Waals surface area contributed by atoms with Crippen molar-refractivity contribution >= 4 is 39.3 Å². The first-order valence-electron chi connectivity index (χ1n) is 7.69. The third-order valence-electron chi connectivity index (χ3n) is 4.29. The smallest absolute Gasteiger partial charge is 0.326 e. The number of esters is 1. The number of carbonyl (C=O) groups excluding carboxylic acids is 3. The zero-order chi connectivity index (χ0) is 17.3. The van der Waals surface area contributed by atoms with Crippen molar-refractivity contribution in [3.63, 3.8) is 0 Å². The third-order valence-corrected chi connectivity index (χ3v) is 5.30. The largest absolute Gasteiger partial charge is 0.459 e. The molecule has 1 aromatic heterocycles. The molecule has 2 aromatic rings. The van der Waals surface area contributed by atoms with Crippen LogP contribution in [0, 0.1) is 0 Å². The van der Waals surface area contributed by atoms with Gasteiger partial charge in [0.15, 0.2) is 0 Å². The SMILES string of the molecule is CCC1(C)NC(=O)N(CC(=O)OCc2csc3ccccc23)C1=O. The molecule has 0 saturated carbocycles. The highest BCUT2D eigenvalue weighted by atomic mass is 32.1. The Hall–Kier alpha value is -2.41. The number of hydrogen-bond donors (Lipinski definition) is 1. The lowest BCUT2D eigenvalue weighted by Gasteiger charge is -2.18. The number of nitrogens with one attached hydrogen (secondary N) is 1. The summed E-state index contributed by atoms with van der Waals surface area (Å²) >= 11 is 1.58. The van der Waals surface area contributed by atoms with Crippen molar-refractivity contribution in [1.29, 1.82) is 0 Å². The molecule has 6 nitrogen and oxygen atoms in total. The number of carbonyl (C=O) groups is 3. The molecule has 24 heavy (non-hydrogen) atoms. The number of fused-ring (bicyclic) bond motifs is 1. The standard InChI is InChI=1S/C17H18N2O4S/c1-3-17(2)15(21)19(16(22)18-17)8-14(20)23-9-11-10-24-13-7-5-4-6-12(11)13/h4-7,10H,3,8-9H2,1-2H3,(H,18,22). The van der Waals surface area contributed by atoms with Gasteiger partial charge < -0.3 is 10.1 Å². The zero-order valence-electron chi connectivity index (χ0n) is 13.5. The van der Waals surface area contributed by atoms with E-state index in [1.807, 2.05) is 36.6 Å². The van der Waals surface area contributed by atoms with Crippen LogP contribution in [-0.2, 0) is 20.9 Å². The van der Waals surface area contributed by atoms with Crippen LogP contribution in [0.5, 0.6) is 0 Å². The summed E-state index contributed by atoms with van der Waals surface area (Å²) in [6.07, 6.45) is 0.462. The van der Waals surface area contributed by atoms with Gasteiger partial charge in [-0.3, -0.25) is 14.5 Å². The van der Waals surface area contributed by atoms with Crippen molar-refractivity contribution in [2.75, 3.05) is 6.54 Å². The Kier molecular flexibility index (Phi) is 4.28. The van der Waals surface area contributed by atoms with Crippen molar-refractivity contribution in [2.45, 2.75) is 32.4 Å². The maximum atomic E-state index is 12.2. The molecule has 1 fully saturated rings. The fourth-order valence-electron chi connectivity index (χ4n) is 2.61. The minimum atomic E-state index is -0.944. The normalized spacial score (nSPS) is 20.5. The first-order chi connectivity index (χ1) is 11.4. The van der Waals surface area contributed by atoms with Crippen LogP contribution in [0.1, 0.15) is 25.8 Å². The highest BCUT2D eigenvalue weighted by Gasteiger charge is 2.47. The molecule has 3 rings (SSSR count). The maximum Gasteiger partial charge on any atom is 0.326 e.